The molecule has 0 radical (unpaired) electrons. The van der Waals surface area contributed by atoms with E-state index in [0.717, 1.165) is 16.6 Å². The van der Waals surface area contributed by atoms with Crippen molar-refractivity contribution in [3.05, 3.63) is 48.0 Å². The summed E-state index contributed by atoms with van der Waals surface area (Å²) in [5.41, 5.74) is 2.70. The molecule has 1 amide bonds. The second kappa shape index (κ2) is 5.08. The fourth-order valence-corrected chi connectivity index (χ4v) is 1.91. The van der Waals surface area contributed by atoms with Crippen molar-refractivity contribution in [1.29, 1.82) is 0 Å². The maximum Gasteiger partial charge on any atom is 0.258 e. The van der Waals surface area contributed by atoms with Gasteiger partial charge in [0.25, 0.3) is 5.71 Å². The predicted molar refractivity (Wildman–Crippen MR) is 73.1 cm³/mol. The standard InChI is InChI=1S/C14H12N4O2/c1-9-12-6-11(8-16-14(12)20-18-9)17-13(19)5-10-3-2-4-15-7-10/h2-4,6-8H,5H2,1H3,(H,17,19). The predicted octanol–water partition coefficient (Wildman–Crippen LogP) is 2.11. The fourth-order valence-electron chi connectivity index (χ4n) is 1.91. The summed E-state index contributed by atoms with van der Waals surface area (Å²) in [5, 5.41) is 7.42. The Hall–Kier alpha value is -2.76. The van der Waals surface area contributed by atoms with Gasteiger partial charge < -0.3 is 9.84 Å². The Labute approximate surface area is 114 Å². The van der Waals surface area contributed by atoms with Crippen LogP contribution in [-0.2, 0) is 11.2 Å². The number of nitrogens with one attached hydrogen (secondary N) is 1. The first-order valence-electron chi connectivity index (χ1n) is 6.13. The number of fused-ring (bicyclic) bond motifs is 1. The quantitative estimate of drug-likeness (QED) is 0.786. The lowest BCUT2D eigenvalue weighted by Gasteiger charge is -2.04. The molecule has 3 heterocycles. The number of carbonyl (C=O) groups is 1. The van der Waals surface area contributed by atoms with Crippen LogP contribution in [0.15, 0.2) is 41.3 Å². The third-order valence-electron chi connectivity index (χ3n) is 2.88. The number of rotatable bonds is 3. The zero-order valence-electron chi connectivity index (χ0n) is 10.8. The molecule has 0 bridgehead atoms. The summed E-state index contributed by atoms with van der Waals surface area (Å²) in [6.45, 7) is 1.83. The summed E-state index contributed by atoms with van der Waals surface area (Å²) in [4.78, 5) is 20.0. The van der Waals surface area contributed by atoms with Gasteiger partial charge in [0.1, 0.15) is 0 Å². The summed E-state index contributed by atoms with van der Waals surface area (Å²) >= 11 is 0. The molecule has 3 rings (SSSR count). The maximum atomic E-state index is 11.9. The molecule has 3 aromatic heterocycles. The number of hydrogen-bond donors (Lipinski definition) is 1. The molecule has 0 aliphatic carbocycles. The first kappa shape index (κ1) is 12.3. The highest BCUT2D eigenvalue weighted by atomic mass is 16.5. The van der Waals surface area contributed by atoms with Crippen molar-refractivity contribution in [2.75, 3.05) is 5.32 Å². The van der Waals surface area contributed by atoms with Crippen LogP contribution in [0.5, 0.6) is 0 Å². The van der Waals surface area contributed by atoms with Gasteiger partial charge in [-0.3, -0.25) is 9.78 Å². The highest BCUT2D eigenvalue weighted by Crippen LogP contribution is 2.19. The smallest absolute Gasteiger partial charge is 0.258 e. The number of aromatic nitrogens is 3. The molecule has 0 atom stereocenters. The minimum Gasteiger partial charge on any atom is -0.336 e. The Morgan fingerprint density at radius 2 is 2.30 bits per heavy atom. The van der Waals surface area contributed by atoms with Crippen LogP contribution in [0.25, 0.3) is 11.1 Å². The molecule has 0 aliphatic rings. The summed E-state index contributed by atoms with van der Waals surface area (Å²) < 4.78 is 5.02. The van der Waals surface area contributed by atoms with E-state index in [1.54, 1.807) is 30.7 Å². The van der Waals surface area contributed by atoms with Crippen molar-refractivity contribution in [3.8, 4) is 0 Å². The molecular weight excluding hydrogens is 256 g/mol. The number of anilines is 1. The van der Waals surface area contributed by atoms with Gasteiger partial charge in [0.05, 0.1) is 29.4 Å². The van der Waals surface area contributed by atoms with Crippen LogP contribution in [0.2, 0.25) is 0 Å². The molecule has 0 saturated heterocycles. The largest absolute Gasteiger partial charge is 0.336 e. The molecule has 0 spiro atoms. The summed E-state index contributed by atoms with van der Waals surface area (Å²) in [6, 6.07) is 5.46. The van der Waals surface area contributed by atoms with Crippen molar-refractivity contribution in [2.24, 2.45) is 0 Å². The number of nitrogens with zero attached hydrogens (tertiary/aromatic N) is 3. The highest BCUT2D eigenvalue weighted by molar-refractivity contribution is 5.93. The van der Waals surface area contributed by atoms with Crippen LogP contribution in [0.4, 0.5) is 5.69 Å². The SMILES string of the molecule is Cc1noc2ncc(NC(=O)Cc3cccnc3)cc12. The molecule has 0 saturated carbocycles. The van der Waals surface area contributed by atoms with E-state index in [9.17, 15) is 4.79 Å². The first-order chi connectivity index (χ1) is 9.72. The molecule has 20 heavy (non-hydrogen) atoms. The Morgan fingerprint density at radius 1 is 1.40 bits per heavy atom. The van der Waals surface area contributed by atoms with Crippen molar-refractivity contribution in [1.82, 2.24) is 15.1 Å². The lowest BCUT2D eigenvalue weighted by atomic mass is 10.2. The van der Waals surface area contributed by atoms with Crippen molar-refractivity contribution >= 4 is 22.7 Å². The summed E-state index contributed by atoms with van der Waals surface area (Å²) in [6.07, 6.45) is 5.17. The topological polar surface area (TPSA) is 80.9 Å². The van der Waals surface area contributed by atoms with E-state index in [2.05, 4.69) is 20.4 Å². The van der Waals surface area contributed by atoms with E-state index in [-0.39, 0.29) is 12.3 Å². The van der Waals surface area contributed by atoms with Crippen LogP contribution >= 0.6 is 0 Å². The molecule has 0 aromatic carbocycles. The third kappa shape index (κ3) is 2.49. The number of amides is 1. The molecular formula is C14H12N4O2. The Bertz CT molecular complexity index is 752. The number of aryl methyl sites for hydroxylation is 1. The second-order valence-electron chi connectivity index (χ2n) is 4.43. The number of pyridine rings is 2. The normalized spacial score (nSPS) is 10.7. The summed E-state index contributed by atoms with van der Waals surface area (Å²) in [7, 11) is 0. The Kier molecular flexibility index (Phi) is 3.12. The van der Waals surface area contributed by atoms with Gasteiger partial charge in [-0.05, 0) is 24.6 Å². The van der Waals surface area contributed by atoms with Gasteiger partial charge in [0.2, 0.25) is 5.91 Å². The average molecular weight is 268 g/mol. The molecule has 6 heteroatoms. The van der Waals surface area contributed by atoms with Crippen LogP contribution in [0.3, 0.4) is 0 Å². The van der Waals surface area contributed by atoms with Crippen LogP contribution in [-0.4, -0.2) is 21.0 Å². The Morgan fingerprint density at radius 3 is 3.10 bits per heavy atom. The number of carbonyl (C=O) groups excluding carboxylic acids is 1. The average Bonchev–Trinajstić information content (AvgIpc) is 2.81. The minimum atomic E-state index is -0.117. The monoisotopic (exact) mass is 268 g/mol. The van der Waals surface area contributed by atoms with Gasteiger partial charge in [-0.1, -0.05) is 11.2 Å². The molecule has 3 aromatic rings. The van der Waals surface area contributed by atoms with Crippen molar-refractivity contribution in [3.63, 3.8) is 0 Å². The molecule has 0 fully saturated rings. The van der Waals surface area contributed by atoms with E-state index >= 15 is 0 Å². The van der Waals surface area contributed by atoms with Gasteiger partial charge >= 0.3 is 0 Å². The third-order valence-corrected chi connectivity index (χ3v) is 2.88. The highest BCUT2D eigenvalue weighted by Gasteiger charge is 2.09. The van der Waals surface area contributed by atoms with Crippen molar-refractivity contribution < 1.29 is 9.32 Å². The van der Waals surface area contributed by atoms with E-state index in [1.807, 2.05) is 13.0 Å². The first-order valence-corrected chi connectivity index (χ1v) is 6.13. The molecule has 6 nitrogen and oxygen atoms in total. The molecule has 1 N–H and O–H groups in total. The molecule has 100 valence electrons. The minimum absolute atomic E-state index is 0.117. The maximum absolute atomic E-state index is 11.9. The zero-order valence-corrected chi connectivity index (χ0v) is 10.8. The van der Waals surface area contributed by atoms with Gasteiger partial charge in [0, 0.05) is 12.4 Å². The lowest BCUT2D eigenvalue weighted by Crippen LogP contribution is -2.14. The van der Waals surface area contributed by atoms with Gasteiger partial charge in [-0.2, -0.15) is 0 Å². The molecule has 0 unspecified atom stereocenters. The van der Waals surface area contributed by atoms with Gasteiger partial charge in [-0.15, -0.1) is 0 Å². The second-order valence-corrected chi connectivity index (χ2v) is 4.43. The van der Waals surface area contributed by atoms with Gasteiger partial charge in [-0.25, -0.2) is 4.98 Å². The van der Waals surface area contributed by atoms with Crippen molar-refractivity contribution in [2.45, 2.75) is 13.3 Å². The van der Waals surface area contributed by atoms with E-state index < -0.39 is 0 Å². The lowest BCUT2D eigenvalue weighted by molar-refractivity contribution is -0.115. The summed E-state index contributed by atoms with van der Waals surface area (Å²) in [5.74, 6) is -0.117. The van der Waals surface area contributed by atoms with E-state index in [1.165, 1.54) is 0 Å². The van der Waals surface area contributed by atoms with E-state index in [4.69, 9.17) is 4.52 Å². The van der Waals surface area contributed by atoms with E-state index in [0.29, 0.717) is 11.4 Å². The van der Waals surface area contributed by atoms with Crippen LogP contribution in [0.1, 0.15) is 11.3 Å². The van der Waals surface area contributed by atoms with Crippen LogP contribution < -0.4 is 5.32 Å². The number of hydrogen-bond acceptors (Lipinski definition) is 5. The van der Waals surface area contributed by atoms with Gasteiger partial charge in [0.15, 0.2) is 0 Å². The van der Waals surface area contributed by atoms with Crippen LogP contribution in [0, 0.1) is 6.92 Å². The molecule has 0 aliphatic heterocycles. The zero-order chi connectivity index (χ0) is 13.9. The fraction of sp³-hybridized carbons (Fsp3) is 0.143. The Balaban J connectivity index is 1.75.